The minimum absolute atomic E-state index is 0.123. The third kappa shape index (κ3) is 5.72. The van der Waals surface area contributed by atoms with Crippen molar-refractivity contribution in [1.82, 2.24) is 9.71 Å². The van der Waals surface area contributed by atoms with Crippen molar-refractivity contribution in [1.29, 1.82) is 0 Å². The molecule has 0 aliphatic carbocycles. The van der Waals surface area contributed by atoms with Crippen LogP contribution in [0.2, 0.25) is 0 Å². The SMILES string of the molecule is O=S(=O)(CCc1ccccc1)NCC(c1cccnc1)S(=O)(=O)c1ccccc1. The van der Waals surface area contributed by atoms with Crippen molar-refractivity contribution < 1.29 is 16.8 Å². The van der Waals surface area contributed by atoms with E-state index in [0.29, 0.717) is 12.0 Å². The second-order valence-electron chi connectivity index (χ2n) is 6.54. The number of aryl methyl sites for hydroxylation is 1. The fourth-order valence-corrected chi connectivity index (χ4v) is 5.76. The second kappa shape index (κ2) is 9.30. The molecule has 1 unspecified atom stereocenters. The quantitative estimate of drug-likeness (QED) is 0.563. The Balaban J connectivity index is 1.79. The molecule has 2 aromatic carbocycles. The van der Waals surface area contributed by atoms with Gasteiger partial charge in [0.05, 0.1) is 10.6 Å². The lowest BCUT2D eigenvalue weighted by Gasteiger charge is -2.19. The number of hydrogen-bond acceptors (Lipinski definition) is 5. The van der Waals surface area contributed by atoms with Gasteiger partial charge in [0, 0.05) is 18.9 Å². The molecule has 0 aliphatic rings. The van der Waals surface area contributed by atoms with Gasteiger partial charge >= 0.3 is 0 Å². The minimum Gasteiger partial charge on any atom is -0.264 e. The van der Waals surface area contributed by atoms with E-state index in [4.69, 9.17) is 0 Å². The van der Waals surface area contributed by atoms with E-state index in [1.165, 1.54) is 18.3 Å². The minimum atomic E-state index is -3.81. The summed E-state index contributed by atoms with van der Waals surface area (Å²) in [6.07, 6.45) is 3.34. The molecule has 0 fully saturated rings. The number of pyridine rings is 1. The van der Waals surface area contributed by atoms with Crippen LogP contribution in [0.25, 0.3) is 0 Å². The Bertz CT molecular complexity index is 1120. The van der Waals surface area contributed by atoms with Crippen molar-refractivity contribution in [3.8, 4) is 0 Å². The highest BCUT2D eigenvalue weighted by Gasteiger charge is 2.30. The maximum atomic E-state index is 13.2. The summed E-state index contributed by atoms with van der Waals surface area (Å²) >= 11 is 0. The monoisotopic (exact) mass is 430 g/mol. The molecule has 1 aromatic heterocycles. The molecule has 29 heavy (non-hydrogen) atoms. The van der Waals surface area contributed by atoms with E-state index in [1.807, 2.05) is 30.3 Å². The Morgan fingerprint density at radius 3 is 2.10 bits per heavy atom. The molecule has 1 atom stereocenters. The summed E-state index contributed by atoms with van der Waals surface area (Å²) in [7, 11) is -7.47. The Labute approximate surface area is 171 Å². The average molecular weight is 431 g/mol. The molecule has 0 saturated heterocycles. The predicted octanol–water partition coefficient (Wildman–Crippen LogP) is 2.76. The standard InChI is InChI=1S/C21H22N2O4S2/c24-28(25,15-13-18-8-3-1-4-9-18)23-17-21(19-10-7-14-22-16-19)29(26,27)20-11-5-2-6-12-20/h1-12,14,16,21,23H,13,15,17H2. The summed E-state index contributed by atoms with van der Waals surface area (Å²) in [4.78, 5) is 4.13. The van der Waals surface area contributed by atoms with Gasteiger partial charge in [-0.25, -0.2) is 21.6 Å². The number of sulfone groups is 1. The molecule has 0 saturated carbocycles. The maximum Gasteiger partial charge on any atom is 0.211 e. The highest BCUT2D eigenvalue weighted by molar-refractivity contribution is 7.92. The van der Waals surface area contributed by atoms with Crippen molar-refractivity contribution in [2.45, 2.75) is 16.6 Å². The zero-order valence-corrected chi connectivity index (χ0v) is 17.3. The zero-order chi connectivity index (χ0) is 20.7. The lowest BCUT2D eigenvalue weighted by Crippen LogP contribution is -2.34. The predicted molar refractivity (Wildman–Crippen MR) is 113 cm³/mol. The number of benzene rings is 2. The van der Waals surface area contributed by atoms with E-state index in [9.17, 15) is 16.8 Å². The van der Waals surface area contributed by atoms with Crippen LogP contribution in [0, 0.1) is 0 Å². The lowest BCUT2D eigenvalue weighted by atomic mass is 10.2. The van der Waals surface area contributed by atoms with Crippen LogP contribution in [0.15, 0.2) is 90.1 Å². The molecular formula is C21H22N2O4S2. The normalized spacial score (nSPS) is 13.1. The first kappa shape index (κ1) is 21.2. The summed E-state index contributed by atoms with van der Waals surface area (Å²) in [5.41, 5.74) is 1.33. The van der Waals surface area contributed by atoms with Crippen LogP contribution >= 0.6 is 0 Å². The molecule has 3 aromatic rings. The van der Waals surface area contributed by atoms with E-state index in [-0.39, 0.29) is 17.2 Å². The Morgan fingerprint density at radius 2 is 1.48 bits per heavy atom. The third-order valence-corrected chi connectivity index (χ3v) is 7.96. The van der Waals surface area contributed by atoms with Gasteiger partial charge < -0.3 is 0 Å². The van der Waals surface area contributed by atoms with Crippen molar-refractivity contribution in [3.05, 3.63) is 96.3 Å². The number of aromatic nitrogens is 1. The first-order valence-corrected chi connectivity index (χ1v) is 12.3. The van der Waals surface area contributed by atoms with Gasteiger partial charge in [-0.2, -0.15) is 0 Å². The second-order valence-corrected chi connectivity index (χ2v) is 10.6. The summed E-state index contributed by atoms with van der Waals surface area (Å²) in [5, 5.41) is -1.08. The molecule has 0 aliphatic heterocycles. The van der Waals surface area contributed by atoms with Crippen molar-refractivity contribution in [2.75, 3.05) is 12.3 Å². The highest BCUT2D eigenvalue weighted by Crippen LogP contribution is 2.28. The molecule has 8 heteroatoms. The molecule has 0 spiro atoms. The fraction of sp³-hybridized carbons (Fsp3) is 0.190. The van der Waals surface area contributed by atoms with E-state index in [0.717, 1.165) is 5.56 Å². The molecular weight excluding hydrogens is 408 g/mol. The Morgan fingerprint density at radius 1 is 0.828 bits per heavy atom. The van der Waals surface area contributed by atoms with Crippen LogP contribution < -0.4 is 4.72 Å². The zero-order valence-electron chi connectivity index (χ0n) is 15.7. The van der Waals surface area contributed by atoms with Gasteiger partial charge in [0.25, 0.3) is 0 Å². The van der Waals surface area contributed by atoms with Crippen LogP contribution in [0.1, 0.15) is 16.4 Å². The number of nitrogens with one attached hydrogen (secondary N) is 1. The number of sulfonamides is 1. The maximum absolute atomic E-state index is 13.2. The first-order chi connectivity index (χ1) is 13.9. The van der Waals surface area contributed by atoms with Gasteiger partial charge in [0.1, 0.15) is 5.25 Å². The van der Waals surface area contributed by atoms with Crippen molar-refractivity contribution >= 4 is 19.9 Å². The van der Waals surface area contributed by atoms with Gasteiger partial charge in [0.15, 0.2) is 9.84 Å². The molecule has 0 radical (unpaired) electrons. The molecule has 6 nitrogen and oxygen atoms in total. The largest absolute Gasteiger partial charge is 0.264 e. The highest BCUT2D eigenvalue weighted by atomic mass is 32.2. The Hall–Kier alpha value is -2.55. The fourth-order valence-electron chi connectivity index (χ4n) is 2.92. The van der Waals surface area contributed by atoms with Gasteiger partial charge in [-0.15, -0.1) is 0 Å². The van der Waals surface area contributed by atoms with Crippen LogP contribution in [0.3, 0.4) is 0 Å². The number of nitrogens with zero attached hydrogens (tertiary/aromatic N) is 1. The molecule has 0 amide bonds. The summed E-state index contributed by atoms with van der Waals surface area (Å²) in [6, 6.07) is 20.5. The van der Waals surface area contributed by atoms with Crippen molar-refractivity contribution in [3.63, 3.8) is 0 Å². The third-order valence-electron chi connectivity index (χ3n) is 4.49. The van der Waals surface area contributed by atoms with Crippen LogP contribution in [-0.2, 0) is 26.3 Å². The van der Waals surface area contributed by atoms with E-state index < -0.39 is 25.1 Å². The lowest BCUT2D eigenvalue weighted by molar-refractivity contribution is 0.568. The van der Waals surface area contributed by atoms with E-state index >= 15 is 0 Å². The van der Waals surface area contributed by atoms with Gasteiger partial charge in [-0.1, -0.05) is 54.6 Å². The van der Waals surface area contributed by atoms with Gasteiger partial charge in [-0.3, -0.25) is 4.98 Å². The molecule has 152 valence electrons. The first-order valence-electron chi connectivity index (χ1n) is 9.09. The molecule has 3 rings (SSSR count). The smallest absolute Gasteiger partial charge is 0.211 e. The molecule has 1 heterocycles. The summed E-state index contributed by atoms with van der Waals surface area (Å²) in [5.74, 6) is -0.123. The van der Waals surface area contributed by atoms with E-state index in [2.05, 4.69) is 9.71 Å². The van der Waals surface area contributed by atoms with Crippen molar-refractivity contribution in [2.24, 2.45) is 0 Å². The van der Waals surface area contributed by atoms with Crippen LogP contribution in [-0.4, -0.2) is 34.1 Å². The number of hydrogen-bond donors (Lipinski definition) is 1. The number of rotatable bonds is 9. The summed E-state index contributed by atoms with van der Waals surface area (Å²) in [6.45, 7) is -0.264. The van der Waals surface area contributed by atoms with Crippen LogP contribution in [0.5, 0.6) is 0 Å². The van der Waals surface area contributed by atoms with Crippen LogP contribution in [0.4, 0.5) is 0 Å². The summed E-state index contributed by atoms with van der Waals surface area (Å²) < 4.78 is 53.8. The average Bonchev–Trinajstić information content (AvgIpc) is 2.74. The van der Waals surface area contributed by atoms with Gasteiger partial charge in [-0.05, 0) is 35.7 Å². The van der Waals surface area contributed by atoms with E-state index in [1.54, 1.807) is 36.5 Å². The van der Waals surface area contributed by atoms with Gasteiger partial charge in [0.2, 0.25) is 10.0 Å². The topological polar surface area (TPSA) is 93.2 Å². The molecule has 1 N–H and O–H groups in total. The Kier molecular flexibility index (Phi) is 6.79. The molecule has 0 bridgehead atoms.